The summed E-state index contributed by atoms with van der Waals surface area (Å²) in [5.41, 5.74) is 3.38. The van der Waals surface area contributed by atoms with Crippen LogP contribution in [-0.4, -0.2) is 29.2 Å². The molecule has 0 aliphatic rings. The zero-order chi connectivity index (χ0) is 17.9. The van der Waals surface area contributed by atoms with E-state index >= 15 is 0 Å². The van der Waals surface area contributed by atoms with Crippen LogP contribution in [0.1, 0.15) is 0 Å². The Balaban J connectivity index is 1.76. The number of fused-ring (bicyclic) bond motifs is 1. The highest BCUT2D eigenvalue weighted by molar-refractivity contribution is 5.79. The van der Waals surface area contributed by atoms with Crippen molar-refractivity contribution in [1.29, 1.82) is 0 Å². The fourth-order valence-corrected chi connectivity index (χ4v) is 2.81. The van der Waals surface area contributed by atoms with Crippen molar-refractivity contribution in [2.75, 3.05) is 14.2 Å². The number of para-hydroxylation sites is 1. The Morgan fingerprint density at radius 2 is 1.54 bits per heavy atom. The third-order valence-corrected chi connectivity index (χ3v) is 4.15. The van der Waals surface area contributed by atoms with E-state index in [1.165, 1.54) is 0 Å². The number of ether oxygens (including phenoxy) is 2. The van der Waals surface area contributed by atoms with Gasteiger partial charge in [0, 0.05) is 17.1 Å². The van der Waals surface area contributed by atoms with Crippen molar-refractivity contribution in [3.8, 4) is 34.3 Å². The third-order valence-electron chi connectivity index (χ3n) is 4.15. The molecule has 0 unspecified atom stereocenters. The van der Waals surface area contributed by atoms with Crippen LogP contribution in [0.25, 0.3) is 33.7 Å². The van der Waals surface area contributed by atoms with Crippen LogP contribution in [0.2, 0.25) is 0 Å². The number of hydrogen-bond donors (Lipinski definition) is 0. The first-order valence-corrected chi connectivity index (χ1v) is 8.20. The van der Waals surface area contributed by atoms with Crippen molar-refractivity contribution >= 4 is 10.9 Å². The summed E-state index contributed by atoms with van der Waals surface area (Å²) < 4.78 is 10.7. The van der Waals surface area contributed by atoms with Crippen molar-refractivity contribution in [1.82, 2.24) is 15.0 Å². The van der Waals surface area contributed by atoms with Gasteiger partial charge in [-0.05, 0) is 36.4 Å². The van der Waals surface area contributed by atoms with Gasteiger partial charge in [-0.2, -0.15) is 0 Å². The van der Waals surface area contributed by atoms with Crippen molar-refractivity contribution < 1.29 is 9.47 Å². The molecule has 0 saturated heterocycles. The van der Waals surface area contributed by atoms with Gasteiger partial charge in [0.15, 0.2) is 17.3 Å². The van der Waals surface area contributed by atoms with Crippen molar-refractivity contribution in [3.63, 3.8) is 0 Å². The van der Waals surface area contributed by atoms with Crippen LogP contribution >= 0.6 is 0 Å². The molecular formula is C21H17N3O2. The van der Waals surface area contributed by atoms with E-state index in [0.29, 0.717) is 17.3 Å². The highest BCUT2D eigenvalue weighted by Gasteiger charge is 2.10. The second-order valence-electron chi connectivity index (χ2n) is 5.73. The fourth-order valence-electron chi connectivity index (χ4n) is 2.81. The molecule has 0 atom stereocenters. The molecule has 0 spiro atoms. The van der Waals surface area contributed by atoms with Crippen molar-refractivity contribution in [3.05, 3.63) is 66.9 Å². The summed E-state index contributed by atoms with van der Waals surface area (Å²) in [6, 6.07) is 19.4. The molecule has 0 radical (unpaired) electrons. The summed E-state index contributed by atoms with van der Waals surface area (Å²) in [5, 5.41) is 1.01. The number of pyridine rings is 1. The largest absolute Gasteiger partial charge is 0.493 e. The van der Waals surface area contributed by atoms with E-state index in [1.54, 1.807) is 14.2 Å². The monoisotopic (exact) mass is 343 g/mol. The molecule has 5 heteroatoms. The lowest BCUT2D eigenvalue weighted by molar-refractivity contribution is 0.355. The first-order chi connectivity index (χ1) is 12.8. The van der Waals surface area contributed by atoms with Gasteiger partial charge in [-0.1, -0.05) is 24.3 Å². The summed E-state index contributed by atoms with van der Waals surface area (Å²) >= 11 is 0. The van der Waals surface area contributed by atoms with Gasteiger partial charge in [0.25, 0.3) is 0 Å². The van der Waals surface area contributed by atoms with Gasteiger partial charge in [-0.25, -0.2) is 15.0 Å². The van der Waals surface area contributed by atoms with E-state index in [0.717, 1.165) is 27.9 Å². The van der Waals surface area contributed by atoms with Crippen molar-refractivity contribution in [2.45, 2.75) is 0 Å². The zero-order valence-corrected chi connectivity index (χ0v) is 14.5. The predicted octanol–water partition coefficient (Wildman–Crippen LogP) is 4.38. The first kappa shape index (κ1) is 16.0. The highest BCUT2D eigenvalue weighted by atomic mass is 16.5. The fraction of sp³-hybridized carbons (Fsp3) is 0.0952. The second kappa shape index (κ2) is 6.80. The topological polar surface area (TPSA) is 57.1 Å². The summed E-state index contributed by atoms with van der Waals surface area (Å²) in [5.74, 6) is 1.95. The number of rotatable bonds is 4. The molecule has 0 aliphatic carbocycles. The van der Waals surface area contributed by atoms with Crippen LogP contribution < -0.4 is 9.47 Å². The van der Waals surface area contributed by atoms with Crippen LogP contribution in [0.3, 0.4) is 0 Å². The van der Waals surface area contributed by atoms with E-state index in [9.17, 15) is 0 Å². The highest BCUT2D eigenvalue weighted by Crippen LogP contribution is 2.32. The van der Waals surface area contributed by atoms with Crippen molar-refractivity contribution in [2.24, 2.45) is 0 Å². The average molecular weight is 343 g/mol. The molecule has 0 saturated carbocycles. The first-order valence-electron chi connectivity index (χ1n) is 8.20. The van der Waals surface area contributed by atoms with E-state index in [2.05, 4.69) is 9.97 Å². The number of aromatic nitrogens is 3. The Bertz CT molecular complexity index is 1080. The van der Waals surface area contributed by atoms with Gasteiger partial charge in [-0.3, -0.25) is 0 Å². The molecule has 26 heavy (non-hydrogen) atoms. The lowest BCUT2D eigenvalue weighted by atomic mass is 10.1. The summed E-state index contributed by atoms with van der Waals surface area (Å²) in [7, 11) is 3.24. The summed E-state index contributed by atoms with van der Waals surface area (Å²) in [4.78, 5) is 13.8. The maximum absolute atomic E-state index is 5.38. The minimum Gasteiger partial charge on any atom is -0.493 e. The second-order valence-corrected chi connectivity index (χ2v) is 5.73. The quantitative estimate of drug-likeness (QED) is 0.550. The van der Waals surface area contributed by atoms with E-state index in [1.807, 2.05) is 66.9 Å². The lowest BCUT2D eigenvalue weighted by Gasteiger charge is -2.10. The zero-order valence-electron chi connectivity index (χ0n) is 14.5. The molecule has 5 nitrogen and oxygen atoms in total. The minimum atomic E-state index is 0.603. The molecule has 0 bridgehead atoms. The van der Waals surface area contributed by atoms with Gasteiger partial charge in [0.2, 0.25) is 0 Å². The normalized spacial score (nSPS) is 10.7. The Hall–Kier alpha value is -3.47. The summed E-state index contributed by atoms with van der Waals surface area (Å²) in [6.07, 6.45) is 1.82. The summed E-state index contributed by atoms with van der Waals surface area (Å²) in [6.45, 7) is 0. The Morgan fingerprint density at radius 1 is 0.731 bits per heavy atom. The molecule has 4 rings (SSSR count). The lowest BCUT2D eigenvalue weighted by Crippen LogP contribution is -1.95. The number of methoxy groups -OCH3 is 2. The molecule has 0 aliphatic heterocycles. The van der Waals surface area contributed by atoms with Crippen LogP contribution in [0, 0.1) is 0 Å². The number of hydrogen-bond acceptors (Lipinski definition) is 5. The molecule has 4 aromatic rings. The van der Waals surface area contributed by atoms with Gasteiger partial charge in [0.05, 0.1) is 25.4 Å². The van der Waals surface area contributed by atoms with Crippen LogP contribution in [-0.2, 0) is 0 Å². The third kappa shape index (κ3) is 2.95. The molecule has 2 aromatic carbocycles. The SMILES string of the molecule is COc1ccc(-c2cccc(-c3ncc4ccccc4n3)n2)cc1OC. The van der Waals surface area contributed by atoms with E-state index in [-0.39, 0.29) is 0 Å². The van der Waals surface area contributed by atoms with Gasteiger partial charge < -0.3 is 9.47 Å². The average Bonchev–Trinajstić information content (AvgIpc) is 2.73. The molecular weight excluding hydrogens is 326 g/mol. The van der Waals surface area contributed by atoms with Gasteiger partial charge in [0.1, 0.15) is 5.69 Å². The Labute approximate surface area is 151 Å². The standard InChI is InChI=1S/C21H17N3O2/c1-25-19-11-10-14(12-20(19)26-2)16-8-5-9-18(23-16)21-22-13-15-6-3-4-7-17(15)24-21/h3-13H,1-2H3. The molecule has 0 amide bonds. The Kier molecular flexibility index (Phi) is 4.19. The van der Waals surface area contributed by atoms with Crippen LogP contribution in [0.4, 0.5) is 0 Å². The predicted molar refractivity (Wildman–Crippen MR) is 101 cm³/mol. The smallest absolute Gasteiger partial charge is 0.178 e. The number of benzene rings is 2. The molecule has 2 heterocycles. The Morgan fingerprint density at radius 3 is 2.38 bits per heavy atom. The maximum Gasteiger partial charge on any atom is 0.178 e. The molecule has 128 valence electrons. The molecule has 0 N–H and O–H groups in total. The van der Waals surface area contributed by atoms with E-state index in [4.69, 9.17) is 14.5 Å². The van der Waals surface area contributed by atoms with Crippen LogP contribution in [0.15, 0.2) is 66.9 Å². The van der Waals surface area contributed by atoms with E-state index < -0.39 is 0 Å². The van der Waals surface area contributed by atoms with Crippen LogP contribution in [0.5, 0.6) is 11.5 Å². The molecule has 2 aromatic heterocycles. The molecule has 0 fully saturated rings. The number of nitrogens with zero attached hydrogens (tertiary/aromatic N) is 3. The van der Waals surface area contributed by atoms with Gasteiger partial charge in [-0.15, -0.1) is 0 Å². The van der Waals surface area contributed by atoms with Gasteiger partial charge >= 0.3 is 0 Å². The minimum absolute atomic E-state index is 0.603. The maximum atomic E-state index is 5.38.